The topological polar surface area (TPSA) is 76.3 Å². The second-order valence-corrected chi connectivity index (χ2v) is 4.97. The van der Waals surface area contributed by atoms with E-state index in [0.29, 0.717) is 10.7 Å². The summed E-state index contributed by atoms with van der Waals surface area (Å²) in [5.74, 6) is 0.195. The van der Waals surface area contributed by atoms with Gasteiger partial charge in [0, 0.05) is 32.5 Å². The normalized spacial score (nSPS) is 12.1. The van der Waals surface area contributed by atoms with Gasteiger partial charge < -0.3 is 10.6 Å². The average Bonchev–Trinajstić information content (AvgIpc) is 2.25. The highest BCUT2D eigenvalue weighted by molar-refractivity contribution is 7.85. The lowest BCUT2D eigenvalue weighted by molar-refractivity contribution is -0.128. The molecule has 1 atom stereocenters. The summed E-state index contributed by atoms with van der Waals surface area (Å²) in [4.78, 5) is 16.7. The Hall–Kier alpha value is -1.43. The summed E-state index contributed by atoms with van der Waals surface area (Å²) in [5, 5.41) is 0.356. The van der Waals surface area contributed by atoms with E-state index in [2.05, 4.69) is 4.98 Å². The van der Waals surface area contributed by atoms with Crippen molar-refractivity contribution in [3.8, 4) is 0 Å². The summed E-state index contributed by atoms with van der Waals surface area (Å²) < 4.78 is 11.8. The predicted molar refractivity (Wildman–Crippen MR) is 63.2 cm³/mol. The van der Waals surface area contributed by atoms with E-state index in [0.717, 1.165) is 0 Å². The van der Waals surface area contributed by atoms with Gasteiger partial charge in [0.05, 0.1) is 16.5 Å². The Morgan fingerprint density at radius 2 is 2.25 bits per heavy atom. The van der Waals surface area contributed by atoms with E-state index in [-0.39, 0.29) is 18.1 Å². The zero-order valence-electron chi connectivity index (χ0n) is 9.34. The number of pyridine rings is 1. The van der Waals surface area contributed by atoms with Crippen molar-refractivity contribution in [1.29, 1.82) is 0 Å². The molecule has 88 valence electrons. The van der Waals surface area contributed by atoms with Crippen LogP contribution < -0.4 is 5.73 Å². The number of hydrogen-bond donors (Lipinski definition) is 1. The minimum Gasteiger partial charge on any atom is -0.396 e. The summed E-state index contributed by atoms with van der Waals surface area (Å²) in [6.45, 7) is 0. The first-order chi connectivity index (χ1) is 7.52. The number of hydrogen-bond acceptors (Lipinski definition) is 4. The molecular formula is C10H15N3O2S. The fourth-order valence-electron chi connectivity index (χ4n) is 1.09. The molecular weight excluding hydrogens is 226 g/mol. The van der Waals surface area contributed by atoms with Gasteiger partial charge >= 0.3 is 0 Å². The van der Waals surface area contributed by atoms with Crippen molar-refractivity contribution in [2.75, 3.05) is 25.6 Å². The van der Waals surface area contributed by atoms with Crippen LogP contribution in [0.1, 0.15) is 6.42 Å². The van der Waals surface area contributed by atoms with Crippen LogP contribution in [0.3, 0.4) is 0 Å². The van der Waals surface area contributed by atoms with Crippen LogP contribution in [0.4, 0.5) is 5.69 Å². The lowest BCUT2D eigenvalue weighted by atomic mass is 10.4. The van der Waals surface area contributed by atoms with Gasteiger partial charge in [0.2, 0.25) is 5.91 Å². The number of nitrogens with two attached hydrogens (primary N) is 1. The third-order valence-electron chi connectivity index (χ3n) is 2.02. The molecule has 1 aromatic rings. The molecule has 0 spiro atoms. The Bertz CT molecular complexity index is 407. The molecule has 0 aliphatic rings. The van der Waals surface area contributed by atoms with E-state index >= 15 is 0 Å². The van der Waals surface area contributed by atoms with Gasteiger partial charge in [0.15, 0.2) is 0 Å². The SMILES string of the molecule is CN(C)C(=O)CCS(=O)c1ncccc1N. The number of carbonyl (C=O) groups is 1. The molecule has 0 saturated heterocycles. The van der Waals surface area contributed by atoms with E-state index < -0.39 is 10.8 Å². The largest absolute Gasteiger partial charge is 0.396 e. The van der Waals surface area contributed by atoms with Gasteiger partial charge in [-0.1, -0.05) is 0 Å². The first-order valence-electron chi connectivity index (χ1n) is 4.81. The number of anilines is 1. The molecule has 1 rings (SSSR count). The Morgan fingerprint density at radius 3 is 2.81 bits per heavy atom. The van der Waals surface area contributed by atoms with Crippen LogP contribution in [0.5, 0.6) is 0 Å². The van der Waals surface area contributed by atoms with Crippen LogP contribution in [-0.2, 0) is 15.6 Å². The molecule has 5 nitrogen and oxygen atoms in total. The number of nitrogens with zero attached hydrogens (tertiary/aromatic N) is 2. The summed E-state index contributed by atoms with van der Waals surface area (Å²) >= 11 is 0. The smallest absolute Gasteiger partial charge is 0.222 e. The van der Waals surface area contributed by atoms with Crippen LogP contribution in [0, 0.1) is 0 Å². The quantitative estimate of drug-likeness (QED) is 0.819. The average molecular weight is 241 g/mol. The molecule has 2 N–H and O–H groups in total. The van der Waals surface area contributed by atoms with Gasteiger partial charge in [0.1, 0.15) is 5.03 Å². The van der Waals surface area contributed by atoms with Gasteiger partial charge in [-0.25, -0.2) is 4.98 Å². The van der Waals surface area contributed by atoms with Gasteiger partial charge in [-0.05, 0) is 12.1 Å². The van der Waals surface area contributed by atoms with E-state index in [1.807, 2.05) is 0 Å². The second-order valence-electron chi connectivity index (χ2n) is 3.49. The second kappa shape index (κ2) is 5.60. The monoisotopic (exact) mass is 241 g/mol. The van der Waals surface area contributed by atoms with Crippen molar-refractivity contribution in [1.82, 2.24) is 9.88 Å². The van der Waals surface area contributed by atoms with Crippen LogP contribution in [0.15, 0.2) is 23.4 Å². The van der Waals surface area contributed by atoms with Crippen molar-refractivity contribution < 1.29 is 9.00 Å². The summed E-state index contributed by atoms with van der Waals surface area (Å²) in [7, 11) is 2.02. The third-order valence-corrected chi connectivity index (χ3v) is 3.36. The van der Waals surface area contributed by atoms with E-state index in [4.69, 9.17) is 5.73 Å². The molecule has 0 aromatic carbocycles. The summed E-state index contributed by atoms with van der Waals surface area (Å²) in [6.07, 6.45) is 1.77. The molecule has 1 aromatic heterocycles. The predicted octanol–water partition coefficient (Wildman–Crippen LogP) is 0.250. The van der Waals surface area contributed by atoms with Crippen molar-refractivity contribution in [3.63, 3.8) is 0 Å². The number of rotatable bonds is 4. The van der Waals surface area contributed by atoms with Crippen molar-refractivity contribution in [2.45, 2.75) is 11.4 Å². The highest BCUT2D eigenvalue weighted by atomic mass is 32.2. The first-order valence-corrected chi connectivity index (χ1v) is 6.13. The highest BCUT2D eigenvalue weighted by Crippen LogP contribution is 2.12. The maximum absolute atomic E-state index is 11.8. The fraction of sp³-hybridized carbons (Fsp3) is 0.400. The Labute approximate surface area is 97.1 Å². The van der Waals surface area contributed by atoms with Gasteiger partial charge in [-0.15, -0.1) is 0 Å². The Kier molecular flexibility index (Phi) is 4.42. The van der Waals surface area contributed by atoms with Gasteiger partial charge in [0.25, 0.3) is 0 Å². The summed E-state index contributed by atoms with van der Waals surface area (Å²) in [5.41, 5.74) is 6.04. The van der Waals surface area contributed by atoms with Crippen molar-refractivity contribution >= 4 is 22.4 Å². The van der Waals surface area contributed by atoms with E-state index in [9.17, 15) is 9.00 Å². The van der Waals surface area contributed by atoms with Crippen LogP contribution in [0.2, 0.25) is 0 Å². The standard InChI is InChI=1S/C10H15N3O2S/c1-13(2)9(14)5-7-16(15)10-8(11)4-3-6-12-10/h3-4,6H,5,7,11H2,1-2H3. The molecule has 16 heavy (non-hydrogen) atoms. The number of carbonyl (C=O) groups excluding carboxylic acids is 1. The Morgan fingerprint density at radius 1 is 1.56 bits per heavy atom. The highest BCUT2D eigenvalue weighted by Gasteiger charge is 2.12. The minimum atomic E-state index is -1.32. The molecule has 0 fully saturated rings. The van der Waals surface area contributed by atoms with Gasteiger partial charge in [-0.2, -0.15) is 0 Å². The van der Waals surface area contributed by atoms with E-state index in [1.165, 1.54) is 11.1 Å². The molecule has 1 unspecified atom stereocenters. The molecule has 1 amide bonds. The maximum atomic E-state index is 11.8. The molecule has 0 saturated carbocycles. The molecule has 0 aliphatic heterocycles. The van der Waals surface area contributed by atoms with Crippen molar-refractivity contribution in [2.24, 2.45) is 0 Å². The van der Waals surface area contributed by atoms with Gasteiger partial charge in [-0.3, -0.25) is 9.00 Å². The zero-order chi connectivity index (χ0) is 12.1. The number of aromatic nitrogens is 1. The zero-order valence-corrected chi connectivity index (χ0v) is 10.2. The lowest BCUT2D eigenvalue weighted by Crippen LogP contribution is -2.23. The summed E-state index contributed by atoms with van der Waals surface area (Å²) in [6, 6.07) is 3.33. The first kappa shape index (κ1) is 12.6. The molecule has 0 aliphatic carbocycles. The number of amides is 1. The number of nitrogen functional groups attached to an aromatic ring is 1. The molecule has 0 bridgehead atoms. The maximum Gasteiger partial charge on any atom is 0.222 e. The van der Waals surface area contributed by atoms with E-state index in [1.54, 1.807) is 26.2 Å². The fourth-order valence-corrected chi connectivity index (χ4v) is 2.16. The third kappa shape index (κ3) is 3.30. The molecule has 0 radical (unpaired) electrons. The van der Waals surface area contributed by atoms with Crippen molar-refractivity contribution in [3.05, 3.63) is 18.3 Å². The lowest BCUT2D eigenvalue weighted by Gasteiger charge is -2.09. The molecule has 6 heteroatoms. The Balaban J connectivity index is 2.60. The van der Waals surface area contributed by atoms with Crippen LogP contribution in [-0.4, -0.2) is 39.8 Å². The molecule has 1 heterocycles. The van der Waals surface area contributed by atoms with Crippen LogP contribution >= 0.6 is 0 Å². The minimum absolute atomic E-state index is 0.0529. The van der Waals surface area contributed by atoms with Crippen LogP contribution in [0.25, 0.3) is 0 Å².